The maximum atomic E-state index is 12.1. The van der Waals surface area contributed by atoms with Crippen LogP contribution in [0.3, 0.4) is 0 Å². The van der Waals surface area contributed by atoms with E-state index in [2.05, 4.69) is 20.3 Å². The molecule has 0 unspecified atom stereocenters. The third-order valence-electron chi connectivity index (χ3n) is 3.68. The number of methoxy groups -OCH3 is 1. The number of nitrogens with zero attached hydrogens (tertiary/aromatic N) is 4. The Morgan fingerprint density at radius 1 is 1.33 bits per heavy atom. The first kappa shape index (κ1) is 13.7. The quantitative estimate of drug-likeness (QED) is 0.828. The van der Waals surface area contributed by atoms with Crippen molar-refractivity contribution in [1.29, 1.82) is 0 Å². The number of ketones is 1. The lowest BCUT2D eigenvalue weighted by molar-refractivity contribution is -0.122. The highest BCUT2D eigenvalue weighted by Gasteiger charge is 2.24. The average molecular weight is 288 g/mol. The molecule has 0 radical (unpaired) electrons. The van der Waals surface area contributed by atoms with E-state index in [1.807, 2.05) is 0 Å². The van der Waals surface area contributed by atoms with Crippen LogP contribution >= 0.6 is 0 Å². The topological polar surface area (TPSA) is 91.0 Å². The Bertz CT molecular complexity index is 617. The molecule has 0 amide bonds. The third-order valence-corrected chi connectivity index (χ3v) is 3.68. The van der Waals surface area contributed by atoms with E-state index in [0.717, 1.165) is 25.7 Å². The van der Waals surface area contributed by atoms with Gasteiger partial charge in [0.2, 0.25) is 17.6 Å². The molecule has 0 saturated heterocycles. The SMILES string of the molecule is COc1ccc(-c2noc(CC(=O)C3CCCC3)n2)nn1. The summed E-state index contributed by atoms with van der Waals surface area (Å²) in [6, 6.07) is 3.36. The van der Waals surface area contributed by atoms with Crippen LogP contribution < -0.4 is 4.74 Å². The standard InChI is InChI=1S/C14H16N4O3/c1-20-12-7-6-10(16-17-12)14-15-13(21-18-14)8-11(19)9-4-2-3-5-9/h6-7,9H,2-5,8H2,1H3. The van der Waals surface area contributed by atoms with Crippen molar-refractivity contribution in [2.45, 2.75) is 32.1 Å². The number of carbonyl (C=O) groups is 1. The Morgan fingerprint density at radius 2 is 2.14 bits per heavy atom. The molecular formula is C14H16N4O3. The van der Waals surface area contributed by atoms with Crippen LogP contribution in [0, 0.1) is 5.92 Å². The van der Waals surface area contributed by atoms with E-state index in [1.165, 1.54) is 7.11 Å². The molecule has 1 fully saturated rings. The highest BCUT2D eigenvalue weighted by molar-refractivity contribution is 5.82. The summed E-state index contributed by atoms with van der Waals surface area (Å²) in [4.78, 5) is 16.3. The molecule has 1 aliphatic rings. The number of ether oxygens (including phenoxy) is 1. The first-order chi connectivity index (χ1) is 10.3. The van der Waals surface area contributed by atoms with Crippen LogP contribution in [0.25, 0.3) is 11.5 Å². The van der Waals surface area contributed by atoms with E-state index in [0.29, 0.717) is 23.3 Å². The highest BCUT2D eigenvalue weighted by Crippen LogP contribution is 2.26. The van der Waals surface area contributed by atoms with E-state index in [1.54, 1.807) is 12.1 Å². The number of rotatable bonds is 5. The average Bonchev–Trinajstić information content (AvgIpc) is 3.19. The maximum Gasteiger partial charge on any atom is 0.234 e. The van der Waals surface area contributed by atoms with Crippen molar-refractivity contribution in [3.8, 4) is 17.4 Å². The fraction of sp³-hybridized carbons (Fsp3) is 0.500. The predicted molar refractivity (Wildman–Crippen MR) is 72.5 cm³/mol. The van der Waals surface area contributed by atoms with Gasteiger partial charge in [0.25, 0.3) is 0 Å². The Labute approximate surface area is 121 Å². The minimum atomic E-state index is 0.154. The first-order valence-electron chi connectivity index (χ1n) is 6.99. The van der Waals surface area contributed by atoms with Crippen molar-refractivity contribution in [1.82, 2.24) is 20.3 Å². The largest absolute Gasteiger partial charge is 0.480 e. The molecule has 110 valence electrons. The summed E-state index contributed by atoms with van der Waals surface area (Å²) in [6.07, 6.45) is 4.41. The van der Waals surface area contributed by atoms with Crippen molar-refractivity contribution in [3.05, 3.63) is 18.0 Å². The second-order valence-electron chi connectivity index (χ2n) is 5.10. The van der Waals surface area contributed by atoms with Gasteiger partial charge in [0.05, 0.1) is 13.5 Å². The lowest BCUT2D eigenvalue weighted by Gasteiger charge is -2.04. The smallest absolute Gasteiger partial charge is 0.234 e. The zero-order chi connectivity index (χ0) is 14.7. The van der Waals surface area contributed by atoms with Gasteiger partial charge in [0.15, 0.2) is 0 Å². The minimum absolute atomic E-state index is 0.154. The van der Waals surface area contributed by atoms with Gasteiger partial charge in [-0.3, -0.25) is 4.79 Å². The lowest BCUT2D eigenvalue weighted by Crippen LogP contribution is -2.13. The molecule has 2 aromatic heterocycles. The number of carbonyl (C=O) groups excluding carboxylic acids is 1. The molecule has 0 bridgehead atoms. The van der Waals surface area contributed by atoms with E-state index >= 15 is 0 Å². The number of hydrogen-bond donors (Lipinski definition) is 0. The first-order valence-corrected chi connectivity index (χ1v) is 6.99. The van der Waals surface area contributed by atoms with Crippen LogP contribution in [0.1, 0.15) is 31.6 Å². The summed E-state index contributed by atoms with van der Waals surface area (Å²) in [5, 5.41) is 11.6. The highest BCUT2D eigenvalue weighted by atomic mass is 16.5. The van der Waals surface area contributed by atoms with Crippen LogP contribution in [-0.4, -0.2) is 33.2 Å². The van der Waals surface area contributed by atoms with Crippen LogP contribution in [0.15, 0.2) is 16.7 Å². The van der Waals surface area contributed by atoms with Crippen LogP contribution in [0.5, 0.6) is 5.88 Å². The molecule has 0 spiro atoms. The van der Waals surface area contributed by atoms with Crippen molar-refractivity contribution in [2.75, 3.05) is 7.11 Å². The summed E-state index contributed by atoms with van der Waals surface area (Å²) >= 11 is 0. The van der Waals surface area contributed by atoms with Gasteiger partial charge in [0.1, 0.15) is 11.5 Å². The number of hydrogen-bond acceptors (Lipinski definition) is 7. The molecular weight excluding hydrogens is 272 g/mol. The fourth-order valence-electron chi connectivity index (χ4n) is 2.52. The normalized spacial score (nSPS) is 15.3. The number of aromatic nitrogens is 4. The number of Topliss-reactive ketones (excluding diaryl/α,β-unsaturated/α-hetero) is 1. The summed E-state index contributed by atoms with van der Waals surface area (Å²) < 4.78 is 10.1. The van der Waals surface area contributed by atoms with Crippen molar-refractivity contribution < 1.29 is 14.1 Å². The molecule has 1 saturated carbocycles. The van der Waals surface area contributed by atoms with Gasteiger partial charge in [-0.2, -0.15) is 4.98 Å². The Kier molecular flexibility index (Phi) is 3.89. The molecule has 2 heterocycles. The molecule has 0 aromatic carbocycles. The minimum Gasteiger partial charge on any atom is -0.480 e. The third kappa shape index (κ3) is 3.07. The van der Waals surface area contributed by atoms with Crippen molar-refractivity contribution in [3.63, 3.8) is 0 Å². The fourth-order valence-corrected chi connectivity index (χ4v) is 2.52. The molecule has 0 atom stereocenters. The summed E-state index contributed by atoms with van der Waals surface area (Å²) in [6.45, 7) is 0. The van der Waals surface area contributed by atoms with E-state index in [9.17, 15) is 4.79 Å². The zero-order valence-corrected chi connectivity index (χ0v) is 11.8. The zero-order valence-electron chi connectivity index (χ0n) is 11.8. The van der Waals surface area contributed by atoms with Gasteiger partial charge < -0.3 is 9.26 Å². The predicted octanol–water partition coefficient (Wildman–Crippen LogP) is 1.84. The van der Waals surface area contributed by atoms with E-state index in [-0.39, 0.29) is 18.1 Å². The van der Waals surface area contributed by atoms with Crippen LogP contribution in [0.4, 0.5) is 0 Å². The Hall–Kier alpha value is -2.31. The molecule has 7 nitrogen and oxygen atoms in total. The second kappa shape index (κ2) is 5.99. The summed E-state index contributed by atoms with van der Waals surface area (Å²) in [5.41, 5.74) is 0.485. The second-order valence-corrected chi connectivity index (χ2v) is 5.10. The van der Waals surface area contributed by atoms with E-state index in [4.69, 9.17) is 9.26 Å². The van der Waals surface area contributed by atoms with Gasteiger partial charge in [-0.25, -0.2) is 0 Å². The molecule has 2 aromatic rings. The maximum absolute atomic E-state index is 12.1. The molecule has 7 heteroatoms. The molecule has 3 rings (SSSR count). The molecule has 1 aliphatic carbocycles. The van der Waals surface area contributed by atoms with E-state index < -0.39 is 0 Å². The monoisotopic (exact) mass is 288 g/mol. The molecule has 0 N–H and O–H groups in total. The van der Waals surface area contributed by atoms with Crippen LogP contribution in [0.2, 0.25) is 0 Å². The van der Waals surface area contributed by atoms with Gasteiger partial charge in [0, 0.05) is 12.0 Å². The molecule has 0 aliphatic heterocycles. The van der Waals surface area contributed by atoms with Gasteiger partial charge in [-0.1, -0.05) is 18.0 Å². The van der Waals surface area contributed by atoms with Gasteiger partial charge in [-0.05, 0) is 18.9 Å². The van der Waals surface area contributed by atoms with Gasteiger partial charge in [-0.15, -0.1) is 10.2 Å². The van der Waals surface area contributed by atoms with Crippen LogP contribution in [-0.2, 0) is 11.2 Å². The van der Waals surface area contributed by atoms with Crippen molar-refractivity contribution in [2.24, 2.45) is 5.92 Å². The summed E-state index contributed by atoms with van der Waals surface area (Å²) in [5.74, 6) is 1.42. The summed E-state index contributed by atoms with van der Waals surface area (Å²) in [7, 11) is 1.52. The van der Waals surface area contributed by atoms with Crippen molar-refractivity contribution >= 4 is 5.78 Å². The lowest BCUT2D eigenvalue weighted by atomic mass is 10.0. The Balaban J connectivity index is 1.68. The Morgan fingerprint density at radius 3 is 2.81 bits per heavy atom. The molecule has 21 heavy (non-hydrogen) atoms. The van der Waals surface area contributed by atoms with Gasteiger partial charge >= 0.3 is 0 Å².